The van der Waals surface area contributed by atoms with Gasteiger partial charge < -0.3 is 8.85 Å². The second kappa shape index (κ2) is 5.88. The van der Waals surface area contributed by atoms with E-state index in [0.29, 0.717) is 6.61 Å². The smallest absolute Gasteiger partial charge is 0.396 e. The van der Waals surface area contributed by atoms with Crippen LogP contribution in [0.2, 0.25) is 0 Å². The Morgan fingerprint density at radius 3 is 2.83 bits per heavy atom. The first-order valence-electron chi connectivity index (χ1n) is 3.72. The van der Waals surface area contributed by atoms with Gasteiger partial charge in [-0.05, 0) is 24.1 Å². The predicted octanol–water partition coefficient (Wildman–Crippen LogP) is 0.821. The monoisotopic (exact) mass is 181 g/mol. The number of nitrogens with zero attached hydrogens (tertiary/aromatic N) is 1. The van der Waals surface area contributed by atoms with Crippen molar-refractivity contribution in [2.24, 2.45) is 0 Å². The molecule has 0 N–H and O–H groups in total. The highest BCUT2D eigenvalue weighted by atomic mass is 28.3. The van der Waals surface area contributed by atoms with E-state index in [1.54, 1.807) is 19.5 Å². The zero-order valence-electron chi connectivity index (χ0n) is 6.99. The average molecular weight is 181 g/mol. The quantitative estimate of drug-likeness (QED) is 0.498. The summed E-state index contributed by atoms with van der Waals surface area (Å²) in [5.74, 6) is 0. The van der Waals surface area contributed by atoms with Gasteiger partial charge in [0.05, 0.1) is 0 Å². The van der Waals surface area contributed by atoms with Crippen LogP contribution in [-0.2, 0) is 15.3 Å². The second-order valence-corrected chi connectivity index (χ2v) is 3.10. The molecule has 0 aliphatic carbocycles. The first kappa shape index (κ1) is 9.38. The summed E-state index contributed by atoms with van der Waals surface area (Å²) in [5.41, 5.74) is 1.24. The predicted molar refractivity (Wildman–Crippen MR) is 46.7 cm³/mol. The molecule has 12 heavy (non-hydrogen) atoms. The molecule has 1 aromatic heterocycles. The minimum absolute atomic E-state index is 0.151. The Balaban J connectivity index is 2.16. The highest BCUT2D eigenvalue weighted by Gasteiger charge is 1.92. The molecule has 4 heteroatoms. The maximum Gasteiger partial charge on any atom is 0.433 e. The van der Waals surface area contributed by atoms with Crippen LogP contribution in [0.3, 0.4) is 0 Å². The fourth-order valence-corrected chi connectivity index (χ4v) is 1.12. The summed E-state index contributed by atoms with van der Waals surface area (Å²) in [4.78, 5) is 3.93. The van der Waals surface area contributed by atoms with Crippen molar-refractivity contribution in [1.82, 2.24) is 4.98 Å². The Hall–Kier alpha value is -0.713. The van der Waals surface area contributed by atoms with E-state index in [9.17, 15) is 0 Å². The molecule has 2 radical (unpaired) electrons. The Morgan fingerprint density at radius 1 is 1.42 bits per heavy atom. The Kier molecular flexibility index (Phi) is 4.59. The molecule has 0 aliphatic heterocycles. The van der Waals surface area contributed by atoms with Gasteiger partial charge in [0, 0.05) is 26.1 Å². The number of hydrogen-bond acceptors (Lipinski definition) is 3. The maximum atomic E-state index is 5.17. The van der Waals surface area contributed by atoms with Gasteiger partial charge in [0.25, 0.3) is 0 Å². The summed E-state index contributed by atoms with van der Waals surface area (Å²) >= 11 is 0. The van der Waals surface area contributed by atoms with Crippen LogP contribution in [0.1, 0.15) is 5.56 Å². The fraction of sp³-hybridized carbons (Fsp3) is 0.375. The number of rotatable bonds is 5. The summed E-state index contributed by atoms with van der Waals surface area (Å²) in [7, 11) is 1.78. The fourth-order valence-electron chi connectivity index (χ4n) is 0.819. The Bertz CT molecular complexity index is 205. The molecule has 0 amide bonds. The first-order chi connectivity index (χ1) is 5.93. The van der Waals surface area contributed by atoms with E-state index in [4.69, 9.17) is 8.85 Å². The van der Waals surface area contributed by atoms with Gasteiger partial charge in [-0.25, -0.2) is 0 Å². The van der Waals surface area contributed by atoms with Crippen LogP contribution in [-0.4, -0.2) is 28.7 Å². The van der Waals surface area contributed by atoms with E-state index in [0.717, 1.165) is 6.42 Å². The van der Waals surface area contributed by atoms with Gasteiger partial charge in [0.2, 0.25) is 0 Å². The normalized spacial score (nSPS) is 10.1. The van der Waals surface area contributed by atoms with Crippen LogP contribution in [0.5, 0.6) is 0 Å². The largest absolute Gasteiger partial charge is 0.433 e. The maximum absolute atomic E-state index is 5.17. The molecule has 1 rings (SSSR count). The number of hydrogen-bond donors (Lipinski definition) is 0. The molecule has 0 spiro atoms. The molecule has 1 aromatic rings. The summed E-state index contributed by atoms with van der Waals surface area (Å²) in [6, 6.07) is 3.97. The van der Waals surface area contributed by atoms with Crippen LogP contribution in [0.25, 0.3) is 0 Å². The molecular formula is C8H11NO2Si. The highest BCUT2D eigenvalue weighted by Crippen LogP contribution is 1.96. The minimum atomic E-state index is 0.151. The third-order valence-corrected chi connectivity index (χ3v) is 1.87. The van der Waals surface area contributed by atoms with Crippen molar-refractivity contribution in [3.05, 3.63) is 30.1 Å². The molecule has 0 aliphatic rings. The SMILES string of the molecule is CO[Si]OCCc1ccncc1. The van der Waals surface area contributed by atoms with Gasteiger partial charge in [0.15, 0.2) is 0 Å². The van der Waals surface area contributed by atoms with Crippen LogP contribution >= 0.6 is 0 Å². The van der Waals surface area contributed by atoms with Crippen molar-refractivity contribution in [1.29, 1.82) is 0 Å². The van der Waals surface area contributed by atoms with Gasteiger partial charge in [-0.1, -0.05) is 0 Å². The zero-order chi connectivity index (χ0) is 8.65. The molecule has 3 nitrogen and oxygen atoms in total. The topological polar surface area (TPSA) is 31.4 Å². The van der Waals surface area contributed by atoms with Gasteiger partial charge in [-0.2, -0.15) is 0 Å². The van der Waals surface area contributed by atoms with Gasteiger partial charge in [-0.3, -0.25) is 4.98 Å². The molecule has 0 atom stereocenters. The van der Waals surface area contributed by atoms with Crippen molar-refractivity contribution < 1.29 is 8.85 Å². The van der Waals surface area contributed by atoms with Gasteiger partial charge >= 0.3 is 10.0 Å². The molecule has 0 bridgehead atoms. The Labute approximate surface area is 74.8 Å². The summed E-state index contributed by atoms with van der Waals surface area (Å²) in [6.45, 7) is 0.705. The van der Waals surface area contributed by atoms with Crippen molar-refractivity contribution in [2.75, 3.05) is 13.7 Å². The number of pyridine rings is 1. The van der Waals surface area contributed by atoms with E-state index in [1.807, 2.05) is 12.1 Å². The van der Waals surface area contributed by atoms with Crippen molar-refractivity contribution in [2.45, 2.75) is 6.42 Å². The zero-order valence-corrected chi connectivity index (χ0v) is 7.99. The summed E-state index contributed by atoms with van der Waals surface area (Å²) in [6.07, 6.45) is 4.49. The lowest BCUT2D eigenvalue weighted by molar-refractivity contribution is 0.258. The average Bonchev–Trinajstić information content (AvgIpc) is 2.14. The van der Waals surface area contributed by atoms with Gasteiger partial charge in [0.1, 0.15) is 0 Å². The molecule has 64 valence electrons. The van der Waals surface area contributed by atoms with Gasteiger partial charge in [-0.15, -0.1) is 0 Å². The summed E-state index contributed by atoms with van der Waals surface area (Å²) in [5, 5.41) is 0. The molecule has 1 heterocycles. The Morgan fingerprint density at radius 2 is 2.17 bits per heavy atom. The highest BCUT2D eigenvalue weighted by molar-refractivity contribution is 6.17. The van der Waals surface area contributed by atoms with Crippen LogP contribution < -0.4 is 0 Å². The van der Waals surface area contributed by atoms with E-state index < -0.39 is 0 Å². The molecule has 0 saturated carbocycles. The van der Waals surface area contributed by atoms with Crippen LogP contribution in [0.4, 0.5) is 0 Å². The van der Waals surface area contributed by atoms with Crippen molar-refractivity contribution in [3.8, 4) is 0 Å². The lowest BCUT2D eigenvalue weighted by atomic mass is 10.2. The second-order valence-electron chi connectivity index (χ2n) is 2.24. The minimum Gasteiger partial charge on any atom is -0.396 e. The molecule has 0 unspecified atom stereocenters. The third kappa shape index (κ3) is 3.61. The van der Waals surface area contributed by atoms with E-state index in [1.165, 1.54) is 5.56 Å². The molecule has 0 saturated heterocycles. The van der Waals surface area contributed by atoms with E-state index in [2.05, 4.69) is 4.98 Å². The van der Waals surface area contributed by atoms with E-state index in [-0.39, 0.29) is 10.0 Å². The van der Waals surface area contributed by atoms with E-state index >= 15 is 0 Å². The molecule has 0 fully saturated rings. The van der Waals surface area contributed by atoms with Crippen LogP contribution in [0, 0.1) is 0 Å². The van der Waals surface area contributed by atoms with Crippen molar-refractivity contribution >= 4 is 10.0 Å². The first-order valence-corrected chi connectivity index (χ1v) is 4.54. The number of aromatic nitrogens is 1. The standard InChI is InChI=1S/C8H11NO2Si/c1-10-12-11-7-4-8-2-5-9-6-3-8/h2-3,5-6H,4,7H2,1H3. The molecular weight excluding hydrogens is 170 g/mol. The third-order valence-electron chi connectivity index (χ3n) is 1.38. The van der Waals surface area contributed by atoms with Crippen molar-refractivity contribution in [3.63, 3.8) is 0 Å². The lowest BCUT2D eigenvalue weighted by Crippen LogP contribution is -2.04. The lowest BCUT2D eigenvalue weighted by Gasteiger charge is -2.00. The van der Waals surface area contributed by atoms with Crippen LogP contribution in [0.15, 0.2) is 24.5 Å². The summed E-state index contributed by atoms with van der Waals surface area (Å²) < 4.78 is 9.94. The molecule has 0 aromatic carbocycles.